The molecule has 0 radical (unpaired) electrons. The van der Waals surface area contributed by atoms with Crippen LogP contribution in [0.3, 0.4) is 0 Å². The molecule has 180 valence electrons. The van der Waals surface area contributed by atoms with E-state index >= 15 is 0 Å². The molecule has 2 atom stereocenters. The monoisotopic (exact) mass is 462 g/mol. The second kappa shape index (κ2) is 9.00. The standard InChI is InChI=1S/C26H34N6O2/c1-26(10-4-5-19(26)16-33)29-24-23-22(27-17-31(3)25(23)34)15-21(28-24)18-6-8-20(9-7-18)32-13-11-30(2)12-14-32/h6-9,15,17,19,33H,4-5,10-14,16H2,1-3H3,(H,28,29). The van der Waals surface area contributed by atoms with Gasteiger partial charge in [0.1, 0.15) is 11.2 Å². The summed E-state index contributed by atoms with van der Waals surface area (Å²) in [5.41, 5.74) is 3.16. The molecule has 0 amide bonds. The fourth-order valence-corrected chi connectivity index (χ4v) is 5.33. The summed E-state index contributed by atoms with van der Waals surface area (Å²) in [7, 11) is 3.87. The first-order valence-corrected chi connectivity index (χ1v) is 12.2. The minimum Gasteiger partial charge on any atom is -0.396 e. The van der Waals surface area contributed by atoms with Gasteiger partial charge in [-0.1, -0.05) is 18.6 Å². The van der Waals surface area contributed by atoms with Gasteiger partial charge in [0.25, 0.3) is 5.56 Å². The van der Waals surface area contributed by atoms with Gasteiger partial charge in [0.15, 0.2) is 0 Å². The number of nitrogens with one attached hydrogen (secondary N) is 1. The van der Waals surface area contributed by atoms with Crippen molar-refractivity contribution in [2.45, 2.75) is 31.7 Å². The molecule has 2 aliphatic rings. The molecule has 1 aliphatic carbocycles. The van der Waals surface area contributed by atoms with Crippen LogP contribution >= 0.6 is 0 Å². The van der Waals surface area contributed by atoms with E-state index in [9.17, 15) is 9.90 Å². The highest BCUT2D eigenvalue weighted by atomic mass is 16.3. The SMILES string of the molecule is CN1CCN(c2ccc(-c3cc4ncn(C)c(=O)c4c(NC4(C)CCCC4CO)n3)cc2)CC1. The van der Waals surface area contributed by atoms with Crippen molar-refractivity contribution in [2.24, 2.45) is 13.0 Å². The zero-order chi connectivity index (χ0) is 23.9. The van der Waals surface area contributed by atoms with Crippen LogP contribution in [0.1, 0.15) is 26.2 Å². The quantitative estimate of drug-likeness (QED) is 0.603. The first-order chi connectivity index (χ1) is 16.4. The fraction of sp³-hybridized carbons (Fsp3) is 0.500. The number of likely N-dealkylation sites (N-methyl/N-ethyl adjacent to an activating group) is 1. The molecular weight excluding hydrogens is 428 g/mol. The number of rotatable bonds is 5. The number of pyridine rings is 1. The summed E-state index contributed by atoms with van der Waals surface area (Å²) in [5, 5.41) is 14.0. The first-order valence-electron chi connectivity index (χ1n) is 12.2. The number of anilines is 2. The van der Waals surface area contributed by atoms with Crippen molar-refractivity contribution in [3.63, 3.8) is 0 Å². The summed E-state index contributed by atoms with van der Waals surface area (Å²) < 4.78 is 1.49. The Labute approximate surface area is 200 Å². The second-order valence-corrected chi connectivity index (χ2v) is 10.1. The Hall–Kier alpha value is -2.97. The molecule has 3 aromatic rings. The van der Waals surface area contributed by atoms with E-state index in [1.807, 2.05) is 6.07 Å². The number of aliphatic hydroxyl groups is 1. The highest BCUT2D eigenvalue weighted by Crippen LogP contribution is 2.39. The van der Waals surface area contributed by atoms with Crippen molar-refractivity contribution in [1.29, 1.82) is 0 Å². The van der Waals surface area contributed by atoms with Crippen LogP contribution in [0.25, 0.3) is 22.2 Å². The molecule has 8 heteroatoms. The molecule has 2 aromatic heterocycles. The summed E-state index contributed by atoms with van der Waals surface area (Å²) in [6, 6.07) is 10.4. The molecule has 2 fully saturated rings. The maximum absolute atomic E-state index is 13.1. The Bertz CT molecular complexity index is 1230. The van der Waals surface area contributed by atoms with Gasteiger partial charge in [-0.15, -0.1) is 0 Å². The average molecular weight is 463 g/mol. The molecule has 1 aromatic carbocycles. The number of hydrogen-bond acceptors (Lipinski definition) is 7. The van der Waals surface area contributed by atoms with Crippen molar-refractivity contribution in [2.75, 3.05) is 50.1 Å². The van der Waals surface area contributed by atoms with E-state index in [0.29, 0.717) is 16.7 Å². The molecule has 2 unspecified atom stereocenters. The highest BCUT2D eigenvalue weighted by molar-refractivity contribution is 5.91. The van der Waals surface area contributed by atoms with Gasteiger partial charge in [-0.2, -0.15) is 0 Å². The third-order valence-corrected chi connectivity index (χ3v) is 7.71. The summed E-state index contributed by atoms with van der Waals surface area (Å²) >= 11 is 0. The Kier molecular flexibility index (Phi) is 6.04. The van der Waals surface area contributed by atoms with E-state index in [4.69, 9.17) is 4.98 Å². The van der Waals surface area contributed by atoms with Gasteiger partial charge >= 0.3 is 0 Å². The van der Waals surface area contributed by atoms with Gasteiger partial charge in [-0.05, 0) is 45.0 Å². The van der Waals surface area contributed by atoms with Crippen molar-refractivity contribution in [3.8, 4) is 11.3 Å². The van der Waals surface area contributed by atoms with Crippen molar-refractivity contribution >= 4 is 22.4 Å². The Balaban J connectivity index is 1.53. The molecule has 1 aliphatic heterocycles. The van der Waals surface area contributed by atoms with E-state index in [0.717, 1.165) is 56.7 Å². The van der Waals surface area contributed by atoms with Gasteiger partial charge in [-0.25, -0.2) is 9.97 Å². The van der Waals surface area contributed by atoms with E-state index < -0.39 is 0 Å². The zero-order valence-corrected chi connectivity index (χ0v) is 20.3. The third-order valence-electron chi connectivity index (χ3n) is 7.71. The number of aryl methyl sites for hydroxylation is 1. The van der Waals surface area contributed by atoms with Crippen molar-refractivity contribution in [1.82, 2.24) is 19.4 Å². The van der Waals surface area contributed by atoms with Crippen LogP contribution in [0.15, 0.2) is 41.5 Å². The molecule has 2 N–H and O–H groups in total. The summed E-state index contributed by atoms with van der Waals surface area (Å²) in [6.07, 6.45) is 4.48. The highest BCUT2D eigenvalue weighted by Gasteiger charge is 2.39. The minimum atomic E-state index is -0.320. The van der Waals surface area contributed by atoms with Crippen LogP contribution in [0.4, 0.5) is 11.5 Å². The van der Waals surface area contributed by atoms with Gasteiger partial charge in [0, 0.05) is 62.5 Å². The molecule has 5 rings (SSSR count). The number of nitrogens with zero attached hydrogens (tertiary/aromatic N) is 5. The maximum atomic E-state index is 13.1. The zero-order valence-electron chi connectivity index (χ0n) is 20.3. The lowest BCUT2D eigenvalue weighted by molar-refractivity contribution is 0.192. The number of benzene rings is 1. The molecule has 1 saturated carbocycles. The van der Waals surface area contributed by atoms with Crippen LogP contribution in [-0.2, 0) is 7.05 Å². The maximum Gasteiger partial charge on any atom is 0.264 e. The largest absolute Gasteiger partial charge is 0.396 e. The summed E-state index contributed by atoms with van der Waals surface area (Å²) in [5.74, 6) is 0.670. The topological polar surface area (TPSA) is 86.5 Å². The van der Waals surface area contributed by atoms with Crippen LogP contribution in [-0.4, -0.2) is 69.9 Å². The molecule has 1 saturated heterocycles. The Morgan fingerprint density at radius 1 is 1.15 bits per heavy atom. The van der Waals surface area contributed by atoms with Crippen LogP contribution in [0, 0.1) is 5.92 Å². The van der Waals surface area contributed by atoms with Crippen LogP contribution in [0.2, 0.25) is 0 Å². The minimum absolute atomic E-state index is 0.116. The van der Waals surface area contributed by atoms with E-state index in [1.54, 1.807) is 13.4 Å². The molecule has 34 heavy (non-hydrogen) atoms. The molecule has 8 nitrogen and oxygen atoms in total. The third kappa shape index (κ3) is 4.16. The Morgan fingerprint density at radius 3 is 2.59 bits per heavy atom. The van der Waals surface area contributed by atoms with Gasteiger partial charge in [0.2, 0.25) is 0 Å². The van der Waals surface area contributed by atoms with Gasteiger partial charge in [0.05, 0.1) is 17.5 Å². The lowest BCUT2D eigenvalue weighted by Gasteiger charge is -2.34. The Morgan fingerprint density at radius 2 is 1.88 bits per heavy atom. The molecular formula is C26H34N6O2. The van der Waals surface area contributed by atoms with Crippen LogP contribution in [0.5, 0.6) is 0 Å². The normalized spacial score (nSPS) is 23.5. The summed E-state index contributed by atoms with van der Waals surface area (Å²) in [4.78, 5) is 27.3. The number of aliphatic hydroxyl groups excluding tert-OH is 1. The number of fused-ring (bicyclic) bond motifs is 1. The molecule has 0 spiro atoms. The van der Waals surface area contributed by atoms with E-state index in [-0.39, 0.29) is 23.6 Å². The second-order valence-electron chi connectivity index (χ2n) is 10.1. The predicted molar refractivity (Wildman–Crippen MR) is 136 cm³/mol. The van der Waals surface area contributed by atoms with Crippen LogP contribution < -0.4 is 15.8 Å². The van der Waals surface area contributed by atoms with Gasteiger partial charge in [-0.3, -0.25) is 4.79 Å². The number of piperazine rings is 1. The smallest absolute Gasteiger partial charge is 0.264 e. The number of hydrogen-bond donors (Lipinski definition) is 2. The molecule has 3 heterocycles. The van der Waals surface area contributed by atoms with E-state index in [2.05, 4.69) is 58.3 Å². The lowest BCUT2D eigenvalue weighted by atomic mass is 9.89. The predicted octanol–water partition coefficient (Wildman–Crippen LogP) is 2.71. The fourth-order valence-electron chi connectivity index (χ4n) is 5.33. The summed E-state index contributed by atoms with van der Waals surface area (Å²) in [6.45, 7) is 6.41. The average Bonchev–Trinajstić information content (AvgIpc) is 3.21. The lowest BCUT2D eigenvalue weighted by Crippen LogP contribution is -2.44. The number of aromatic nitrogens is 3. The first kappa shape index (κ1) is 22.8. The van der Waals surface area contributed by atoms with Crippen molar-refractivity contribution in [3.05, 3.63) is 47.0 Å². The van der Waals surface area contributed by atoms with E-state index in [1.165, 1.54) is 10.3 Å². The molecule has 0 bridgehead atoms. The van der Waals surface area contributed by atoms with Crippen molar-refractivity contribution < 1.29 is 5.11 Å². The van der Waals surface area contributed by atoms with Gasteiger partial charge < -0.3 is 24.8 Å².